The molecule has 0 fully saturated rings. The van der Waals surface area contributed by atoms with E-state index in [9.17, 15) is 9.59 Å². The summed E-state index contributed by atoms with van der Waals surface area (Å²) in [5.41, 5.74) is 3.18. The van der Waals surface area contributed by atoms with Gasteiger partial charge in [-0.3, -0.25) is 9.59 Å². The molecule has 0 bridgehead atoms. The molecule has 0 radical (unpaired) electrons. The van der Waals surface area contributed by atoms with E-state index < -0.39 is 0 Å². The molecule has 0 aliphatic heterocycles. The summed E-state index contributed by atoms with van der Waals surface area (Å²) in [5.74, 6) is 0.264. The van der Waals surface area contributed by atoms with Gasteiger partial charge in [0.25, 0.3) is 5.91 Å². The summed E-state index contributed by atoms with van der Waals surface area (Å²) in [6.07, 6.45) is 0.858. The predicted octanol–water partition coefficient (Wildman–Crippen LogP) is 2.80. The average molecular weight is 348 g/mol. The molecule has 0 unspecified atom stereocenters. The lowest BCUT2D eigenvalue weighted by Gasteiger charge is -2.07. The Morgan fingerprint density at radius 3 is 2.71 bits per heavy atom. The summed E-state index contributed by atoms with van der Waals surface area (Å²) in [4.78, 5) is 27.3. The topological polar surface area (TPSA) is 77.5 Å². The number of amides is 1. The molecule has 2 rings (SSSR count). The number of thiazole rings is 1. The molecular formula is C17H20N2O4S. The molecule has 24 heavy (non-hydrogen) atoms. The molecule has 1 N–H and O–H groups in total. The molecule has 128 valence electrons. The monoisotopic (exact) mass is 348 g/mol. The first-order valence-corrected chi connectivity index (χ1v) is 8.67. The Balaban J connectivity index is 1.71. The summed E-state index contributed by atoms with van der Waals surface area (Å²) in [7, 11) is 0. The molecule has 6 nitrogen and oxygen atoms in total. The molecular weight excluding hydrogens is 328 g/mol. The Kier molecular flexibility index (Phi) is 7.22. The Morgan fingerprint density at radius 1 is 1.25 bits per heavy atom. The van der Waals surface area contributed by atoms with Crippen molar-refractivity contribution in [3.63, 3.8) is 0 Å². The fraction of sp³-hybridized carbons (Fsp3) is 0.353. The molecule has 0 atom stereocenters. The van der Waals surface area contributed by atoms with Crippen molar-refractivity contribution in [2.24, 2.45) is 0 Å². The van der Waals surface area contributed by atoms with E-state index in [1.807, 2.05) is 5.38 Å². The van der Waals surface area contributed by atoms with E-state index in [1.54, 1.807) is 36.7 Å². The van der Waals surface area contributed by atoms with Crippen molar-refractivity contribution in [3.8, 4) is 5.75 Å². The molecule has 0 aliphatic rings. The number of rotatable bonds is 9. The number of hydrogen-bond donors (Lipinski definition) is 1. The van der Waals surface area contributed by atoms with Gasteiger partial charge in [-0.15, -0.1) is 11.3 Å². The normalized spacial score (nSPS) is 10.2. The molecule has 1 amide bonds. The van der Waals surface area contributed by atoms with Crippen molar-refractivity contribution >= 4 is 23.2 Å². The Labute approximate surface area is 144 Å². The van der Waals surface area contributed by atoms with E-state index >= 15 is 0 Å². The van der Waals surface area contributed by atoms with Gasteiger partial charge in [0.15, 0.2) is 0 Å². The Bertz CT molecular complexity index is 641. The maximum absolute atomic E-state index is 12.0. The van der Waals surface area contributed by atoms with Gasteiger partial charge in [-0.05, 0) is 37.6 Å². The third kappa shape index (κ3) is 6.00. The zero-order valence-electron chi connectivity index (χ0n) is 13.5. The van der Waals surface area contributed by atoms with E-state index in [1.165, 1.54) is 11.3 Å². The van der Waals surface area contributed by atoms with E-state index in [4.69, 9.17) is 9.47 Å². The van der Waals surface area contributed by atoms with Crippen molar-refractivity contribution in [2.45, 2.75) is 26.4 Å². The minimum Gasteiger partial charge on any atom is -0.487 e. The van der Waals surface area contributed by atoms with Crippen LogP contribution in [0, 0.1) is 0 Å². The van der Waals surface area contributed by atoms with Gasteiger partial charge in [-0.2, -0.15) is 0 Å². The van der Waals surface area contributed by atoms with Crippen molar-refractivity contribution in [1.29, 1.82) is 0 Å². The van der Waals surface area contributed by atoms with Gasteiger partial charge in [0.2, 0.25) is 0 Å². The van der Waals surface area contributed by atoms with Crippen molar-refractivity contribution < 1.29 is 19.1 Å². The number of carbonyl (C=O) groups excluding carboxylic acids is 2. The van der Waals surface area contributed by atoms with Crippen LogP contribution in [0.25, 0.3) is 0 Å². The maximum Gasteiger partial charge on any atom is 0.305 e. The second-order valence-electron chi connectivity index (χ2n) is 4.96. The van der Waals surface area contributed by atoms with Crippen molar-refractivity contribution in [2.75, 3.05) is 13.2 Å². The van der Waals surface area contributed by atoms with E-state index in [2.05, 4.69) is 10.3 Å². The second kappa shape index (κ2) is 9.67. The fourth-order valence-electron chi connectivity index (χ4n) is 1.94. The van der Waals surface area contributed by atoms with Gasteiger partial charge in [0.1, 0.15) is 12.4 Å². The number of aromatic nitrogens is 1. The molecule has 0 spiro atoms. The molecule has 0 saturated heterocycles. The van der Waals surface area contributed by atoms with Gasteiger partial charge in [-0.1, -0.05) is 0 Å². The smallest absolute Gasteiger partial charge is 0.305 e. The lowest BCUT2D eigenvalue weighted by Crippen LogP contribution is -2.25. The lowest BCUT2D eigenvalue weighted by atomic mass is 10.2. The number of benzene rings is 1. The van der Waals surface area contributed by atoms with Crippen LogP contribution in [-0.2, 0) is 16.1 Å². The van der Waals surface area contributed by atoms with Crippen LogP contribution in [0.2, 0.25) is 0 Å². The number of carbonyl (C=O) groups is 2. The minimum atomic E-state index is -0.242. The molecule has 1 aromatic heterocycles. The Hall–Kier alpha value is -2.41. The third-order valence-electron chi connectivity index (χ3n) is 3.14. The number of hydrogen-bond acceptors (Lipinski definition) is 6. The van der Waals surface area contributed by atoms with E-state index in [0.717, 1.165) is 5.69 Å². The minimum absolute atomic E-state index is 0.176. The Morgan fingerprint density at radius 2 is 2.04 bits per heavy atom. The van der Waals surface area contributed by atoms with Gasteiger partial charge >= 0.3 is 5.97 Å². The second-order valence-corrected chi connectivity index (χ2v) is 5.68. The standard InChI is InChI=1S/C17H20N2O4S/c1-2-22-16(20)4-3-9-18-17(21)13-5-7-15(8-6-13)23-10-14-11-24-12-19-14/h5-8,11-12H,2-4,9-10H2,1H3,(H,18,21). The molecule has 1 aromatic carbocycles. The van der Waals surface area contributed by atoms with Gasteiger partial charge in [-0.25, -0.2) is 4.98 Å². The molecule has 0 saturated carbocycles. The van der Waals surface area contributed by atoms with Crippen LogP contribution in [0.4, 0.5) is 0 Å². The van der Waals surface area contributed by atoms with Gasteiger partial charge < -0.3 is 14.8 Å². The SMILES string of the molecule is CCOC(=O)CCCNC(=O)c1ccc(OCc2cscn2)cc1. The highest BCUT2D eigenvalue weighted by Gasteiger charge is 2.07. The van der Waals surface area contributed by atoms with E-state index in [-0.39, 0.29) is 11.9 Å². The van der Waals surface area contributed by atoms with Crippen LogP contribution in [0.5, 0.6) is 5.75 Å². The maximum atomic E-state index is 12.0. The van der Waals surface area contributed by atoms with Gasteiger partial charge in [0, 0.05) is 23.9 Å². The van der Waals surface area contributed by atoms with Crippen LogP contribution in [0.1, 0.15) is 35.8 Å². The van der Waals surface area contributed by atoms with Crippen LogP contribution in [0.3, 0.4) is 0 Å². The molecule has 7 heteroatoms. The fourth-order valence-corrected chi connectivity index (χ4v) is 2.48. The largest absolute Gasteiger partial charge is 0.487 e. The zero-order chi connectivity index (χ0) is 17.2. The third-order valence-corrected chi connectivity index (χ3v) is 3.77. The van der Waals surface area contributed by atoms with E-state index in [0.29, 0.717) is 43.9 Å². The average Bonchev–Trinajstić information content (AvgIpc) is 3.11. The highest BCUT2D eigenvalue weighted by Crippen LogP contribution is 2.14. The summed E-state index contributed by atoms with van der Waals surface area (Å²) in [6.45, 7) is 2.98. The van der Waals surface area contributed by atoms with Crippen LogP contribution < -0.4 is 10.1 Å². The number of esters is 1. The van der Waals surface area contributed by atoms with Crippen LogP contribution in [-0.4, -0.2) is 30.0 Å². The van der Waals surface area contributed by atoms with Gasteiger partial charge in [0.05, 0.1) is 17.8 Å². The molecule has 0 aliphatic carbocycles. The summed E-state index contributed by atoms with van der Waals surface area (Å²) >= 11 is 1.52. The first kappa shape index (κ1) is 17.9. The van der Waals surface area contributed by atoms with Crippen LogP contribution in [0.15, 0.2) is 35.2 Å². The summed E-state index contributed by atoms with van der Waals surface area (Å²) < 4.78 is 10.4. The first-order valence-electron chi connectivity index (χ1n) is 7.72. The molecule has 1 heterocycles. The number of nitrogens with one attached hydrogen (secondary N) is 1. The number of nitrogens with zero attached hydrogens (tertiary/aromatic N) is 1. The molecule has 2 aromatic rings. The first-order chi connectivity index (χ1) is 11.7. The summed E-state index contributed by atoms with van der Waals surface area (Å²) in [6, 6.07) is 6.91. The number of ether oxygens (including phenoxy) is 2. The summed E-state index contributed by atoms with van der Waals surface area (Å²) in [5, 5.41) is 4.70. The van der Waals surface area contributed by atoms with Crippen molar-refractivity contribution in [1.82, 2.24) is 10.3 Å². The predicted molar refractivity (Wildman–Crippen MR) is 91.1 cm³/mol. The van der Waals surface area contributed by atoms with Crippen LogP contribution >= 0.6 is 11.3 Å². The quantitative estimate of drug-likeness (QED) is 0.557. The lowest BCUT2D eigenvalue weighted by molar-refractivity contribution is -0.143. The zero-order valence-corrected chi connectivity index (χ0v) is 14.3. The van der Waals surface area contributed by atoms with Crippen molar-refractivity contribution in [3.05, 3.63) is 46.4 Å². The highest BCUT2D eigenvalue weighted by molar-refractivity contribution is 7.07. The highest BCUT2D eigenvalue weighted by atomic mass is 32.1.